The van der Waals surface area contributed by atoms with E-state index in [2.05, 4.69) is 15.6 Å². The summed E-state index contributed by atoms with van der Waals surface area (Å²) in [5.74, 6) is 0.0274. The van der Waals surface area contributed by atoms with Crippen LogP contribution in [0.3, 0.4) is 0 Å². The average Bonchev–Trinajstić information content (AvgIpc) is 3.85. The van der Waals surface area contributed by atoms with E-state index in [1.807, 2.05) is 67.6 Å². The van der Waals surface area contributed by atoms with Gasteiger partial charge in [-0.15, -0.1) is 0 Å². The minimum atomic E-state index is -0.862. The zero-order valence-corrected chi connectivity index (χ0v) is 25.5. The molecule has 3 N–H and O–H groups in total. The molecule has 3 aromatic carbocycles. The van der Waals surface area contributed by atoms with Gasteiger partial charge in [-0.3, -0.25) is 9.59 Å². The van der Waals surface area contributed by atoms with Crippen molar-refractivity contribution in [3.8, 4) is 0 Å². The monoisotopic (exact) mass is 608 g/mol. The standard InChI is InChI=1S/C36H40N4O5/c1-24-22-45-35(38-24)32-16-9-17-40(32)36(43)28-15-8-14-27(19-28)34(42)39-31(18-25-10-4-2-5-11-25)33(41)30-20-29(21-37-30)44-23-26-12-6-3-7-13-26/h2-8,10-15,19,22,29-33,37,41H,9,16-18,20-21,23H2,1H3,(H,39,42)/t29-,30-,31?,32-,33-/m1/s1. The van der Waals surface area contributed by atoms with Crippen LogP contribution in [0.5, 0.6) is 0 Å². The van der Waals surface area contributed by atoms with Crippen LogP contribution in [-0.2, 0) is 17.8 Å². The number of rotatable bonds is 11. The van der Waals surface area contributed by atoms with Gasteiger partial charge >= 0.3 is 0 Å². The molecule has 4 aromatic rings. The van der Waals surface area contributed by atoms with Crippen molar-refractivity contribution < 1.29 is 23.8 Å². The van der Waals surface area contributed by atoms with Crippen LogP contribution in [0.2, 0.25) is 0 Å². The number of amides is 2. The molecule has 0 radical (unpaired) electrons. The molecule has 2 fully saturated rings. The van der Waals surface area contributed by atoms with E-state index in [4.69, 9.17) is 9.15 Å². The Morgan fingerprint density at radius 2 is 1.78 bits per heavy atom. The van der Waals surface area contributed by atoms with Crippen molar-refractivity contribution in [1.29, 1.82) is 0 Å². The van der Waals surface area contributed by atoms with Crippen LogP contribution < -0.4 is 10.6 Å². The molecule has 2 aliphatic heterocycles. The molecule has 0 bridgehead atoms. The van der Waals surface area contributed by atoms with Gasteiger partial charge in [0.05, 0.1) is 30.6 Å². The highest BCUT2D eigenvalue weighted by atomic mass is 16.5. The lowest BCUT2D eigenvalue weighted by molar-refractivity contribution is 0.0419. The van der Waals surface area contributed by atoms with Crippen molar-refractivity contribution in [1.82, 2.24) is 20.5 Å². The number of carbonyl (C=O) groups is 2. The number of aryl methyl sites for hydroxylation is 1. The second-order valence-corrected chi connectivity index (χ2v) is 12.0. The summed E-state index contributed by atoms with van der Waals surface area (Å²) in [7, 11) is 0. The van der Waals surface area contributed by atoms with Gasteiger partial charge in [-0.25, -0.2) is 4.98 Å². The van der Waals surface area contributed by atoms with E-state index in [9.17, 15) is 14.7 Å². The van der Waals surface area contributed by atoms with Crippen LogP contribution in [0.1, 0.15) is 68.7 Å². The highest BCUT2D eigenvalue weighted by Gasteiger charge is 2.36. The molecule has 9 nitrogen and oxygen atoms in total. The maximum absolute atomic E-state index is 13.7. The van der Waals surface area contributed by atoms with Gasteiger partial charge in [-0.05, 0) is 61.9 Å². The number of nitrogens with one attached hydrogen (secondary N) is 2. The summed E-state index contributed by atoms with van der Waals surface area (Å²) >= 11 is 0. The number of nitrogens with zero attached hydrogens (tertiary/aromatic N) is 2. The number of hydrogen-bond acceptors (Lipinski definition) is 7. The first-order valence-corrected chi connectivity index (χ1v) is 15.7. The minimum absolute atomic E-state index is 0.0460. The van der Waals surface area contributed by atoms with E-state index >= 15 is 0 Å². The summed E-state index contributed by atoms with van der Waals surface area (Å²) in [5, 5.41) is 18.1. The highest BCUT2D eigenvalue weighted by molar-refractivity contribution is 6.00. The molecule has 3 heterocycles. The lowest BCUT2D eigenvalue weighted by atomic mass is 9.94. The van der Waals surface area contributed by atoms with Gasteiger partial charge in [0.25, 0.3) is 11.8 Å². The molecule has 0 spiro atoms. The summed E-state index contributed by atoms with van der Waals surface area (Å²) < 4.78 is 11.7. The predicted octanol–water partition coefficient (Wildman–Crippen LogP) is 4.61. The molecule has 0 saturated carbocycles. The molecule has 1 unspecified atom stereocenters. The fraction of sp³-hybridized carbons (Fsp3) is 0.361. The molecule has 2 aliphatic rings. The third-order valence-corrected chi connectivity index (χ3v) is 8.70. The maximum atomic E-state index is 13.7. The first-order chi connectivity index (χ1) is 21.9. The molecular weight excluding hydrogens is 568 g/mol. The van der Waals surface area contributed by atoms with Gasteiger partial charge in [-0.1, -0.05) is 66.7 Å². The number of likely N-dealkylation sites (tertiary alicyclic amines) is 1. The molecule has 6 rings (SSSR count). The van der Waals surface area contributed by atoms with Crippen molar-refractivity contribution in [3.05, 3.63) is 125 Å². The fourth-order valence-electron chi connectivity index (χ4n) is 6.32. The molecule has 2 amide bonds. The number of hydrogen-bond donors (Lipinski definition) is 3. The van der Waals surface area contributed by atoms with Crippen LogP contribution in [0.25, 0.3) is 0 Å². The Hall–Kier alpha value is -4.31. The zero-order chi connectivity index (χ0) is 31.2. The van der Waals surface area contributed by atoms with E-state index in [1.54, 1.807) is 35.4 Å². The number of benzene rings is 3. The van der Waals surface area contributed by atoms with Gasteiger partial charge in [0.2, 0.25) is 5.89 Å². The Kier molecular flexibility index (Phi) is 9.69. The Bertz CT molecular complexity index is 1580. The van der Waals surface area contributed by atoms with Gasteiger partial charge in [-0.2, -0.15) is 0 Å². The van der Waals surface area contributed by atoms with Crippen molar-refractivity contribution in [2.45, 2.75) is 69.5 Å². The normalized spacial score (nSPS) is 21.0. The lowest BCUT2D eigenvalue weighted by Gasteiger charge is -2.29. The average molecular weight is 609 g/mol. The predicted molar refractivity (Wildman–Crippen MR) is 170 cm³/mol. The quantitative estimate of drug-likeness (QED) is 0.228. The van der Waals surface area contributed by atoms with Gasteiger partial charge in [0.15, 0.2) is 0 Å². The first kappa shape index (κ1) is 30.7. The summed E-state index contributed by atoms with van der Waals surface area (Å²) in [4.78, 5) is 33.5. The van der Waals surface area contributed by atoms with Crippen LogP contribution in [0, 0.1) is 6.92 Å². The number of aliphatic hydroxyl groups excluding tert-OH is 1. The number of oxazole rings is 1. The smallest absolute Gasteiger partial charge is 0.254 e. The minimum Gasteiger partial charge on any atom is -0.446 e. The number of ether oxygens (including phenoxy) is 1. The van der Waals surface area contributed by atoms with Crippen molar-refractivity contribution in [3.63, 3.8) is 0 Å². The van der Waals surface area contributed by atoms with E-state index in [0.29, 0.717) is 49.6 Å². The molecular formula is C36H40N4O5. The second-order valence-electron chi connectivity index (χ2n) is 12.0. The lowest BCUT2D eigenvalue weighted by Crippen LogP contribution is -2.52. The van der Waals surface area contributed by atoms with Gasteiger partial charge in [0.1, 0.15) is 12.3 Å². The molecule has 45 heavy (non-hydrogen) atoms. The third kappa shape index (κ3) is 7.50. The van der Waals surface area contributed by atoms with E-state index in [0.717, 1.165) is 29.7 Å². The van der Waals surface area contributed by atoms with Crippen LogP contribution >= 0.6 is 0 Å². The summed E-state index contributed by atoms with van der Waals surface area (Å²) in [6, 6.07) is 25.5. The summed E-state index contributed by atoms with van der Waals surface area (Å²) in [5.41, 5.74) is 3.66. The van der Waals surface area contributed by atoms with Gasteiger partial charge in [0, 0.05) is 30.3 Å². The van der Waals surface area contributed by atoms with E-state index in [1.165, 1.54) is 0 Å². The maximum Gasteiger partial charge on any atom is 0.254 e. The van der Waals surface area contributed by atoms with Crippen molar-refractivity contribution in [2.24, 2.45) is 0 Å². The van der Waals surface area contributed by atoms with Crippen LogP contribution in [0.4, 0.5) is 0 Å². The topological polar surface area (TPSA) is 117 Å². The number of carbonyl (C=O) groups excluding carboxylic acids is 2. The summed E-state index contributed by atoms with van der Waals surface area (Å²) in [6.45, 7) is 3.58. The molecule has 234 valence electrons. The fourth-order valence-corrected chi connectivity index (χ4v) is 6.32. The Morgan fingerprint density at radius 3 is 2.51 bits per heavy atom. The van der Waals surface area contributed by atoms with E-state index < -0.39 is 12.1 Å². The van der Waals surface area contributed by atoms with Crippen LogP contribution in [0.15, 0.2) is 95.6 Å². The Balaban J connectivity index is 1.14. The van der Waals surface area contributed by atoms with Crippen molar-refractivity contribution in [2.75, 3.05) is 13.1 Å². The number of aliphatic hydroxyl groups is 1. The largest absolute Gasteiger partial charge is 0.446 e. The van der Waals surface area contributed by atoms with Crippen LogP contribution in [-0.4, -0.2) is 64.2 Å². The second kappa shape index (κ2) is 14.2. The Labute approximate surface area is 263 Å². The molecule has 5 atom stereocenters. The molecule has 1 aromatic heterocycles. The first-order valence-electron chi connectivity index (χ1n) is 15.7. The highest BCUT2D eigenvalue weighted by Crippen LogP contribution is 2.33. The van der Waals surface area contributed by atoms with E-state index in [-0.39, 0.29) is 30.0 Å². The SMILES string of the molecule is Cc1coc([C@H]2CCCN2C(=O)c2cccc(C(=O)NC(Cc3ccccc3)[C@H](O)[C@H]3C[C@@H](OCc4ccccc4)CN3)c2)n1. The zero-order valence-electron chi connectivity index (χ0n) is 25.5. The third-order valence-electron chi connectivity index (χ3n) is 8.70. The molecule has 0 aliphatic carbocycles. The molecule has 2 saturated heterocycles. The Morgan fingerprint density at radius 1 is 1.04 bits per heavy atom. The number of aromatic nitrogens is 1. The van der Waals surface area contributed by atoms with Gasteiger partial charge < -0.3 is 29.8 Å². The van der Waals surface area contributed by atoms with Crippen molar-refractivity contribution >= 4 is 11.8 Å². The molecule has 9 heteroatoms. The summed E-state index contributed by atoms with van der Waals surface area (Å²) in [6.07, 6.45) is 3.39.